The molecule has 23 heavy (non-hydrogen) atoms. The quantitative estimate of drug-likeness (QED) is 0.749. The Morgan fingerprint density at radius 1 is 1.17 bits per heavy atom. The molecule has 0 aromatic heterocycles. The molecular formula is C17H26N2O3S. The zero-order valence-electron chi connectivity index (χ0n) is 13.9. The van der Waals surface area contributed by atoms with E-state index < -0.39 is 10.0 Å². The largest absolute Gasteiger partial charge is 0.355 e. The first kappa shape index (κ1) is 17.9. The fourth-order valence-corrected chi connectivity index (χ4v) is 4.37. The lowest BCUT2D eigenvalue weighted by molar-refractivity contribution is -0.121. The molecule has 0 heterocycles. The first-order chi connectivity index (χ1) is 10.9. The van der Waals surface area contributed by atoms with E-state index in [2.05, 4.69) is 10.0 Å². The summed E-state index contributed by atoms with van der Waals surface area (Å²) in [6.07, 6.45) is 5.25. The van der Waals surface area contributed by atoms with Crippen molar-refractivity contribution in [3.8, 4) is 0 Å². The summed E-state index contributed by atoms with van der Waals surface area (Å²) in [5.41, 5.74) is 1.62. The van der Waals surface area contributed by atoms with E-state index in [1.807, 2.05) is 13.0 Å². The highest BCUT2D eigenvalue weighted by atomic mass is 32.2. The van der Waals surface area contributed by atoms with Gasteiger partial charge in [-0.1, -0.05) is 25.0 Å². The van der Waals surface area contributed by atoms with Gasteiger partial charge in [0.25, 0.3) is 0 Å². The van der Waals surface area contributed by atoms with Gasteiger partial charge in [0.15, 0.2) is 0 Å². The van der Waals surface area contributed by atoms with Crippen molar-refractivity contribution in [1.82, 2.24) is 10.0 Å². The number of benzene rings is 1. The molecule has 1 fully saturated rings. The highest BCUT2D eigenvalue weighted by Crippen LogP contribution is 2.27. The molecule has 2 N–H and O–H groups in total. The topological polar surface area (TPSA) is 75.3 Å². The third-order valence-corrected chi connectivity index (χ3v) is 5.92. The minimum absolute atomic E-state index is 0.0165. The van der Waals surface area contributed by atoms with Gasteiger partial charge in [-0.2, -0.15) is 0 Å². The van der Waals surface area contributed by atoms with Gasteiger partial charge in [-0.3, -0.25) is 4.79 Å². The molecule has 1 aliphatic rings. The first-order valence-corrected chi connectivity index (χ1v) is 9.70. The van der Waals surface area contributed by atoms with Crippen LogP contribution in [0.4, 0.5) is 0 Å². The number of nitrogens with one attached hydrogen (secondary N) is 2. The summed E-state index contributed by atoms with van der Waals surface area (Å²) < 4.78 is 27.2. The highest BCUT2D eigenvalue weighted by molar-refractivity contribution is 7.89. The van der Waals surface area contributed by atoms with Crippen molar-refractivity contribution >= 4 is 15.9 Å². The molecule has 6 heteroatoms. The normalized spacial score (nSPS) is 15.7. The number of sulfonamides is 1. The van der Waals surface area contributed by atoms with Crippen molar-refractivity contribution in [2.75, 3.05) is 13.1 Å². The van der Waals surface area contributed by atoms with Crippen LogP contribution in [0, 0.1) is 19.8 Å². The van der Waals surface area contributed by atoms with Crippen LogP contribution >= 0.6 is 0 Å². The minimum Gasteiger partial charge on any atom is -0.355 e. The third-order valence-electron chi connectivity index (χ3n) is 4.32. The molecule has 0 radical (unpaired) electrons. The Morgan fingerprint density at radius 3 is 2.57 bits per heavy atom. The average molecular weight is 338 g/mol. The van der Waals surface area contributed by atoms with E-state index in [9.17, 15) is 13.2 Å². The predicted molar refractivity (Wildman–Crippen MR) is 90.7 cm³/mol. The van der Waals surface area contributed by atoms with E-state index in [1.54, 1.807) is 19.1 Å². The Bertz CT molecular complexity index is 650. The van der Waals surface area contributed by atoms with Crippen LogP contribution in [0.2, 0.25) is 0 Å². The maximum atomic E-state index is 12.3. The van der Waals surface area contributed by atoms with Crippen LogP contribution in [-0.2, 0) is 14.8 Å². The van der Waals surface area contributed by atoms with Crippen molar-refractivity contribution in [2.24, 2.45) is 5.92 Å². The molecule has 0 spiro atoms. The van der Waals surface area contributed by atoms with E-state index in [0.717, 1.165) is 18.4 Å². The number of carbonyl (C=O) groups is 1. The fourth-order valence-electron chi connectivity index (χ4n) is 3.01. The average Bonchev–Trinajstić information content (AvgIpc) is 2.99. The molecule has 0 aliphatic heterocycles. The van der Waals surface area contributed by atoms with E-state index >= 15 is 0 Å². The van der Waals surface area contributed by atoms with Gasteiger partial charge in [0.05, 0.1) is 4.90 Å². The van der Waals surface area contributed by atoms with Crippen molar-refractivity contribution in [3.63, 3.8) is 0 Å². The summed E-state index contributed by atoms with van der Waals surface area (Å²) >= 11 is 0. The molecule has 1 aromatic rings. The molecule has 1 aromatic carbocycles. The van der Waals surface area contributed by atoms with Gasteiger partial charge < -0.3 is 5.32 Å². The van der Waals surface area contributed by atoms with Crippen LogP contribution in [0.5, 0.6) is 0 Å². The lowest BCUT2D eigenvalue weighted by Gasteiger charge is -2.12. The molecule has 2 rings (SSSR count). The van der Waals surface area contributed by atoms with Crippen LogP contribution in [0.1, 0.15) is 43.2 Å². The zero-order valence-corrected chi connectivity index (χ0v) is 14.7. The second-order valence-electron chi connectivity index (χ2n) is 6.37. The highest BCUT2D eigenvalue weighted by Gasteiger charge is 2.19. The van der Waals surface area contributed by atoms with Crippen LogP contribution < -0.4 is 10.0 Å². The summed E-state index contributed by atoms with van der Waals surface area (Å²) in [6.45, 7) is 4.15. The Labute approximate surface area is 138 Å². The molecule has 1 aliphatic carbocycles. The third kappa shape index (κ3) is 5.32. The van der Waals surface area contributed by atoms with Crippen molar-refractivity contribution in [3.05, 3.63) is 29.3 Å². The van der Waals surface area contributed by atoms with E-state index in [-0.39, 0.29) is 12.5 Å². The zero-order chi connectivity index (χ0) is 16.9. The van der Waals surface area contributed by atoms with Crippen molar-refractivity contribution < 1.29 is 13.2 Å². The van der Waals surface area contributed by atoms with Crippen LogP contribution in [0.25, 0.3) is 0 Å². The molecule has 5 nitrogen and oxygen atoms in total. The maximum absolute atomic E-state index is 12.3. The second kappa shape index (κ2) is 7.93. The molecule has 0 unspecified atom stereocenters. The van der Waals surface area contributed by atoms with Gasteiger partial charge in [-0.25, -0.2) is 13.1 Å². The summed E-state index contributed by atoms with van der Waals surface area (Å²) in [4.78, 5) is 12.1. The summed E-state index contributed by atoms with van der Waals surface area (Å²) in [5, 5.41) is 2.79. The summed E-state index contributed by atoms with van der Waals surface area (Å²) in [5.74, 6) is 0.518. The summed E-state index contributed by atoms with van der Waals surface area (Å²) in [7, 11) is -3.54. The Morgan fingerprint density at radius 2 is 1.87 bits per heavy atom. The lowest BCUT2D eigenvalue weighted by Crippen LogP contribution is -2.35. The molecule has 1 saturated carbocycles. The van der Waals surface area contributed by atoms with Crippen LogP contribution in [0.3, 0.4) is 0 Å². The fraction of sp³-hybridized carbons (Fsp3) is 0.588. The van der Waals surface area contributed by atoms with Crippen molar-refractivity contribution in [1.29, 1.82) is 0 Å². The van der Waals surface area contributed by atoms with E-state index in [1.165, 1.54) is 12.8 Å². The molecule has 0 bridgehead atoms. The molecule has 0 saturated heterocycles. The molecular weight excluding hydrogens is 312 g/mol. The van der Waals surface area contributed by atoms with Crippen molar-refractivity contribution in [2.45, 2.75) is 50.8 Å². The number of aryl methyl sites for hydroxylation is 2. The minimum atomic E-state index is -3.54. The molecule has 128 valence electrons. The lowest BCUT2D eigenvalue weighted by atomic mass is 10.0. The predicted octanol–water partition coefficient (Wildman–Crippen LogP) is 2.28. The standard InChI is InChI=1S/C17H26N2O3S/c1-13-7-8-14(2)16(11-13)23(21,22)19-10-9-18-17(20)12-15-5-3-4-6-15/h7-8,11,15,19H,3-6,9-10,12H2,1-2H3,(H,18,20). The van der Waals surface area contributed by atoms with Gasteiger partial charge in [0.1, 0.15) is 0 Å². The van der Waals surface area contributed by atoms with E-state index in [4.69, 9.17) is 0 Å². The number of amides is 1. The number of rotatable bonds is 7. The monoisotopic (exact) mass is 338 g/mol. The SMILES string of the molecule is Cc1ccc(C)c(S(=O)(=O)NCCNC(=O)CC2CCCC2)c1. The maximum Gasteiger partial charge on any atom is 0.240 e. The number of hydrogen-bond acceptors (Lipinski definition) is 3. The van der Waals surface area contributed by atoms with Gasteiger partial charge >= 0.3 is 0 Å². The molecule has 0 atom stereocenters. The van der Waals surface area contributed by atoms with Gasteiger partial charge in [-0.15, -0.1) is 0 Å². The van der Waals surface area contributed by atoms with Crippen LogP contribution in [0.15, 0.2) is 23.1 Å². The van der Waals surface area contributed by atoms with Gasteiger partial charge in [0, 0.05) is 19.5 Å². The summed E-state index contributed by atoms with van der Waals surface area (Å²) in [6, 6.07) is 5.35. The Hall–Kier alpha value is -1.40. The number of hydrogen-bond donors (Lipinski definition) is 2. The van der Waals surface area contributed by atoms with Gasteiger partial charge in [0.2, 0.25) is 15.9 Å². The second-order valence-corrected chi connectivity index (χ2v) is 8.11. The number of carbonyl (C=O) groups excluding carboxylic acids is 1. The van der Waals surface area contributed by atoms with Crippen LogP contribution in [-0.4, -0.2) is 27.4 Å². The van der Waals surface area contributed by atoms with Gasteiger partial charge in [-0.05, 0) is 49.8 Å². The molecule has 1 amide bonds. The Balaban J connectivity index is 1.78. The Kier molecular flexibility index (Phi) is 6.18. The first-order valence-electron chi connectivity index (χ1n) is 8.22. The van der Waals surface area contributed by atoms with E-state index in [0.29, 0.717) is 29.3 Å². The smallest absolute Gasteiger partial charge is 0.240 e.